The first-order valence-electron chi connectivity index (χ1n) is 6.03. The molecule has 0 aliphatic carbocycles. The molecule has 1 N–H and O–H groups in total. The zero-order valence-corrected chi connectivity index (χ0v) is 10.7. The third-order valence-electron chi connectivity index (χ3n) is 3.17. The molecule has 0 aliphatic heterocycles. The monoisotopic (exact) mass is 229 g/mol. The minimum atomic E-state index is 0.818. The first-order chi connectivity index (χ1) is 8.22. The van der Waals surface area contributed by atoms with Gasteiger partial charge in [-0.2, -0.15) is 5.10 Å². The SMILES string of the molecule is CCn1nccc1CNc1cccc(C)c1C. The Morgan fingerprint density at radius 2 is 2.06 bits per heavy atom. The molecule has 0 fully saturated rings. The van der Waals surface area contributed by atoms with E-state index in [-0.39, 0.29) is 0 Å². The highest BCUT2D eigenvalue weighted by molar-refractivity contribution is 5.53. The molecule has 0 saturated heterocycles. The Balaban J connectivity index is 2.10. The largest absolute Gasteiger partial charge is 0.379 e. The Morgan fingerprint density at radius 3 is 2.82 bits per heavy atom. The normalized spacial score (nSPS) is 10.5. The van der Waals surface area contributed by atoms with Crippen molar-refractivity contribution in [3.05, 3.63) is 47.3 Å². The topological polar surface area (TPSA) is 29.9 Å². The van der Waals surface area contributed by atoms with Crippen LogP contribution in [-0.2, 0) is 13.1 Å². The summed E-state index contributed by atoms with van der Waals surface area (Å²) in [5, 5.41) is 7.73. The first kappa shape index (κ1) is 11.7. The summed E-state index contributed by atoms with van der Waals surface area (Å²) in [6, 6.07) is 8.40. The maximum absolute atomic E-state index is 4.26. The Hall–Kier alpha value is -1.77. The highest BCUT2D eigenvalue weighted by Crippen LogP contribution is 2.18. The maximum Gasteiger partial charge on any atom is 0.0575 e. The molecule has 0 radical (unpaired) electrons. The lowest BCUT2D eigenvalue weighted by molar-refractivity contribution is 0.627. The van der Waals surface area contributed by atoms with E-state index in [1.807, 2.05) is 10.9 Å². The fourth-order valence-electron chi connectivity index (χ4n) is 1.92. The van der Waals surface area contributed by atoms with Crippen molar-refractivity contribution in [2.24, 2.45) is 0 Å². The molecular weight excluding hydrogens is 210 g/mol. The van der Waals surface area contributed by atoms with Crippen LogP contribution in [0.25, 0.3) is 0 Å². The number of hydrogen-bond donors (Lipinski definition) is 1. The number of rotatable bonds is 4. The molecule has 1 heterocycles. The summed E-state index contributed by atoms with van der Waals surface area (Å²) in [5.74, 6) is 0. The van der Waals surface area contributed by atoms with E-state index >= 15 is 0 Å². The number of benzene rings is 1. The van der Waals surface area contributed by atoms with Crippen molar-refractivity contribution in [2.75, 3.05) is 5.32 Å². The van der Waals surface area contributed by atoms with E-state index in [2.05, 4.69) is 55.5 Å². The zero-order chi connectivity index (χ0) is 12.3. The molecular formula is C14H19N3. The fraction of sp³-hybridized carbons (Fsp3) is 0.357. The van der Waals surface area contributed by atoms with Crippen LogP contribution < -0.4 is 5.32 Å². The first-order valence-corrected chi connectivity index (χ1v) is 6.03. The second-order valence-electron chi connectivity index (χ2n) is 4.24. The molecule has 2 rings (SSSR count). The number of aromatic nitrogens is 2. The molecule has 0 unspecified atom stereocenters. The van der Waals surface area contributed by atoms with Gasteiger partial charge < -0.3 is 5.32 Å². The molecule has 0 amide bonds. The highest BCUT2D eigenvalue weighted by Gasteiger charge is 2.03. The van der Waals surface area contributed by atoms with Crippen molar-refractivity contribution in [3.63, 3.8) is 0 Å². The second-order valence-corrected chi connectivity index (χ2v) is 4.24. The smallest absolute Gasteiger partial charge is 0.0575 e. The van der Waals surface area contributed by atoms with Gasteiger partial charge in [0.25, 0.3) is 0 Å². The van der Waals surface area contributed by atoms with Gasteiger partial charge in [-0.15, -0.1) is 0 Å². The van der Waals surface area contributed by atoms with Crippen molar-refractivity contribution in [3.8, 4) is 0 Å². The predicted molar refractivity (Wildman–Crippen MR) is 71.1 cm³/mol. The summed E-state index contributed by atoms with van der Waals surface area (Å²) in [7, 11) is 0. The van der Waals surface area contributed by atoms with Gasteiger partial charge in [0.15, 0.2) is 0 Å². The van der Waals surface area contributed by atoms with Gasteiger partial charge in [0, 0.05) is 18.4 Å². The van der Waals surface area contributed by atoms with Crippen LogP contribution in [0.1, 0.15) is 23.7 Å². The maximum atomic E-state index is 4.26. The van der Waals surface area contributed by atoms with Crippen LogP contribution in [0.15, 0.2) is 30.5 Å². The van der Waals surface area contributed by atoms with Gasteiger partial charge >= 0.3 is 0 Å². The molecule has 0 spiro atoms. The zero-order valence-electron chi connectivity index (χ0n) is 10.7. The average Bonchev–Trinajstić information content (AvgIpc) is 2.78. The molecule has 2 aromatic rings. The van der Waals surface area contributed by atoms with Gasteiger partial charge in [0.1, 0.15) is 0 Å². The summed E-state index contributed by atoms with van der Waals surface area (Å²) in [6.07, 6.45) is 1.85. The molecule has 90 valence electrons. The van der Waals surface area contributed by atoms with E-state index in [0.717, 1.165) is 13.1 Å². The number of aryl methyl sites for hydroxylation is 2. The predicted octanol–water partition coefficient (Wildman–Crippen LogP) is 3.13. The molecule has 17 heavy (non-hydrogen) atoms. The molecule has 0 atom stereocenters. The summed E-state index contributed by atoms with van der Waals surface area (Å²) in [4.78, 5) is 0. The Morgan fingerprint density at radius 1 is 1.24 bits per heavy atom. The van der Waals surface area contributed by atoms with Gasteiger partial charge in [-0.25, -0.2) is 0 Å². The number of nitrogens with zero attached hydrogens (tertiary/aromatic N) is 2. The van der Waals surface area contributed by atoms with E-state index in [1.165, 1.54) is 22.5 Å². The van der Waals surface area contributed by atoms with E-state index < -0.39 is 0 Å². The third kappa shape index (κ3) is 2.49. The van der Waals surface area contributed by atoms with E-state index in [4.69, 9.17) is 0 Å². The van der Waals surface area contributed by atoms with Crippen molar-refractivity contribution in [2.45, 2.75) is 33.9 Å². The summed E-state index contributed by atoms with van der Waals surface area (Å²) >= 11 is 0. The van der Waals surface area contributed by atoms with Crippen LogP contribution in [0.4, 0.5) is 5.69 Å². The van der Waals surface area contributed by atoms with Crippen molar-refractivity contribution in [1.82, 2.24) is 9.78 Å². The lowest BCUT2D eigenvalue weighted by atomic mass is 10.1. The Kier molecular flexibility index (Phi) is 3.47. The Bertz CT molecular complexity index is 500. The minimum Gasteiger partial charge on any atom is -0.379 e. The van der Waals surface area contributed by atoms with Gasteiger partial charge in [0.05, 0.1) is 12.2 Å². The summed E-state index contributed by atoms with van der Waals surface area (Å²) in [6.45, 7) is 8.12. The highest BCUT2D eigenvalue weighted by atomic mass is 15.3. The lowest BCUT2D eigenvalue weighted by Gasteiger charge is -2.12. The van der Waals surface area contributed by atoms with Crippen LogP contribution in [0.3, 0.4) is 0 Å². The standard InChI is InChI=1S/C14H19N3/c1-4-17-13(8-9-16-17)10-15-14-7-5-6-11(2)12(14)3/h5-9,15H,4,10H2,1-3H3. The van der Waals surface area contributed by atoms with E-state index in [0.29, 0.717) is 0 Å². The number of hydrogen-bond acceptors (Lipinski definition) is 2. The van der Waals surface area contributed by atoms with Gasteiger partial charge in [-0.05, 0) is 44.0 Å². The second kappa shape index (κ2) is 5.04. The van der Waals surface area contributed by atoms with Gasteiger partial charge in [-0.1, -0.05) is 12.1 Å². The number of anilines is 1. The minimum absolute atomic E-state index is 0.818. The molecule has 1 aromatic heterocycles. The molecule has 0 aliphatic rings. The third-order valence-corrected chi connectivity index (χ3v) is 3.17. The molecule has 0 saturated carbocycles. The van der Waals surface area contributed by atoms with E-state index in [9.17, 15) is 0 Å². The quantitative estimate of drug-likeness (QED) is 0.873. The van der Waals surface area contributed by atoms with Gasteiger partial charge in [-0.3, -0.25) is 4.68 Å². The van der Waals surface area contributed by atoms with Crippen molar-refractivity contribution in [1.29, 1.82) is 0 Å². The number of nitrogens with one attached hydrogen (secondary N) is 1. The van der Waals surface area contributed by atoms with E-state index in [1.54, 1.807) is 0 Å². The van der Waals surface area contributed by atoms with Crippen molar-refractivity contribution >= 4 is 5.69 Å². The van der Waals surface area contributed by atoms with Crippen LogP contribution in [-0.4, -0.2) is 9.78 Å². The average molecular weight is 229 g/mol. The molecule has 3 heteroatoms. The van der Waals surface area contributed by atoms with Crippen LogP contribution in [0, 0.1) is 13.8 Å². The van der Waals surface area contributed by atoms with Crippen LogP contribution in [0.5, 0.6) is 0 Å². The van der Waals surface area contributed by atoms with Crippen molar-refractivity contribution < 1.29 is 0 Å². The van der Waals surface area contributed by atoms with Crippen LogP contribution in [0.2, 0.25) is 0 Å². The fourth-order valence-corrected chi connectivity index (χ4v) is 1.92. The summed E-state index contributed by atoms with van der Waals surface area (Å²) in [5.41, 5.74) is 5.05. The Labute approximate surface area is 102 Å². The van der Waals surface area contributed by atoms with Gasteiger partial charge in [0.2, 0.25) is 0 Å². The molecule has 0 bridgehead atoms. The molecule has 3 nitrogen and oxygen atoms in total. The summed E-state index contributed by atoms with van der Waals surface area (Å²) < 4.78 is 2.01. The lowest BCUT2D eigenvalue weighted by Crippen LogP contribution is -2.08. The molecule has 1 aromatic carbocycles. The van der Waals surface area contributed by atoms with Crippen LogP contribution >= 0.6 is 0 Å².